The van der Waals surface area contributed by atoms with Crippen LogP contribution in [0.5, 0.6) is 11.5 Å². The molecule has 27 heavy (non-hydrogen) atoms. The smallest absolute Gasteiger partial charge is 0.161 e. The number of benzene rings is 1. The maximum Gasteiger partial charge on any atom is 0.161 e. The third kappa shape index (κ3) is 6.40. The summed E-state index contributed by atoms with van der Waals surface area (Å²) in [4.78, 5) is 8.34. The van der Waals surface area contributed by atoms with E-state index in [2.05, 4.69) is 15.3 Å². The van der Waals surface area contributed by atoms with Crippen molar-refractivity contribution >= 4 is 24.0 Å². The number of hydrogen-bond donors (Lipinski definition) is 1. The summed E-state index contributed by atoms with van der Waals surface area (Å²) in [7, 11) is 1.64. The summed E-state index contributed by atoms with van der Waals surface area (Å²) < 4.78 is 11.3. The topological polar surface area (TPSA) is 56.3 Å². The Morgan fingerprint density at radius 1 is 0.963 bits per heavy atom. The Morgan fingerprint density at radius 3 is 2.52 bits per heavy atom. The summed E-state index contributed by atoms with van der Waals surface area (Å²) >= 11 is 5.79. The average Bonchev–Trinajstić information content (AvgIpc) is 2.69. The predicted molar refractivity (Wildman–Crippen MR) is 109 cm³/mol. The zero-order valence-electron chi connectivity index (χ0n) is 14.9. The first kappa shape index (κ1) is 21.0. The lowest BCUT2D eigenvalue weighted by Crippen LogP contribution is -2.13. The van der Waals surface area contributed by atoms with Crippen molar-refractivity contribution in [2.45, 2.75) is 19.7 Å². The van der Waals surface area contributed by atoms with Crippen LogP contribution in [-0.2, 0) is 19.7 Å². The molecule has 0 saturated heterocycles. The molecule has 0 radical (unpaired) electrons. The van der Waals surface area contributed by atoms with Gasteiger partial charge in [-0.2, -0.15) is 0 Å². The van der Waals surface area contributed by atoms with E-state index in [-0.39, 0.29) is 12.4 Å². The molecular formula is C20H21Cl2N3O2. The summed E-state index contributed by atoms with van der Waals surface area (Å²) in [6.07, 6.45) is 3.49. The third-order valence-electron chi connectivity index (χ3n) is 3.77. The van der Waals surface area contributed by atoms with Crippen molar-refractivity contribution in [3.8, 4) is 11.5 Å². The van der Waals surface area contributed by atoms with Crippen molar-refractivity contribution in [1.82, 2.24) is 15.3 Å². The monoisotopic (exact) mass is 405 g/mol. The van der Waals surface area contributed by atoms with Gasteiger partial charge in [-0.15, -0.1) is 12.4 Å². The fourth-order valence-corrected chi connectivity index (χ4v) is 2.54. The summed E-state index contributed by atoms with van der Waals surface area (Å²) in [6.45, 7) is 1.83. The van der Waals surface area contributed by atoms with Gasteiger partial charge >= 0.3 is 0 Å². The van der Waals surface area contributed by atoms with E-state index in [1.165, 1.54) is 0 Å². The van der Waals surface area contributed by atoms with E-state index in [1.54, 1.807) is 25.6 Å². The summed E-state index contributed by atoms with van der Waals surface area (Å²) in [5.41, 5.74) is 3.06. The highest BCUT2D eigenvalue weighted by Gasteiger charge is 2.07. The Morgan fingerprint density at radius 2 is 1.81 bits per heavy atom. The highest BCUT2D eigenvalue weighted by Crippen LogP contribution is 2.28. The largest absolute Gasteiger partial charge is 0.493 e. The highest BCUT2D eigenvalue weighted by atomic mass is 35.5. The number of hydrogen-bond acceptors (Lipinski definition) is 5. The minimum atomic E-state index is 0. The molecule has 3 aromatic rings. The van der Waals surface area contributed by atoms with E-state index in [9.17, 15) is 0 Å². The van der Waals surface area contributed by atoms with Gasteiger partial charge in [0.1, 0.15) is 11.8 Å². The van der Waals surface area contributed by atoms with Gasteiger partial charge in [0, 0.05) is 31.0 Å². The maximum absolute atomic E-state index is 5.84. The molecule has 0 spiro atoms. The van der Waals surface area contributed by atoms with Crippen molar-refractivity contribution in [2.75, 3.05) is 7.11 Å². The van der Waals surface area contributed by atoms with Crippen LogP contribution in [0.3, 0.4) is 0 Å². The molecule has 1 aromatic carbocycles. The van der Waals surface area contributed by atoms with Crippen molar-refractivity contribution in [2.24, 2.45) is 0 Å². The summed E-state index contributed by atoms with van der Waals surface area (Å²) in [5.74, 6) is 1.39. The van der Waals surface area contributed by atoms with Crippen molar-refractivity contribution < 1.29 is 9.47 Å². The quantitative estimate of drug-likeness (QED) is 0.561. The molecule has 0 aliphatic heterocycles. The van der Waals surface area contributed by atoms with Crippen molar-refractivity contribution in [3.05, 3.63) is 82.9 Å². The Hall–Kier alpha value is -2.34. The molecule has 0 amide bonds. The van der Waals surface area contributed by atoms with Gasteiger partial charge in [0.15, 0.2) is 11.5 Å². The van der Waals surface area contributed by atoms with Gasteiger partial charge in [0.05, 0.1) is 12.8 Å². The van der Waals surface area contributed by atoms with Crippen LogP contribution < -0.4 is 14.8 Å². The van der Waals surface area contributed by atoms with Crippen molar-refractivity contribution in [1.29, 1.82) is 0 Å². The van der Waals surface area contributed by atoms with E-state index in [0.29, 0.717) is 36.3 Å². The first-order chi connectivity index (χ1) is 12.7. The number of nitrogens with zero attached hydrogens (tertiary/aromatic N) is 2. The minimum absolute atomic E-state index is 0. The van der Waals surface area contributed by atoms with Crippen LogP contribution in [-0.4, -0.2) is 17.1 Å². The molecule has 0 saturated carbocycles. The molecule has 2 aromatic heterocycles. The number of nitrogens with one attached hydrogen (secondary N) is 1. The lowest BCUT2D eigenvalue weighted by molar-refractivity contribution is 0.284. The van der Waals surface area contributed by atoms with Crippen molar-refractivity contribution in [3.63, 3.8) is 0 Å². The lowest BCUT2D eigenvalue weighted by atomic mass is 10.2. The number of halogens is 2. The van der Waals surface area contributed by atoms with Crippen LogP contribution in [0.1, 0.15) is 16.8 Å². The van der Waals surface area contributed by atoms with Crippen LogP contribution in [0.2, 0.25) is 5.15 Å². The maximum atomic E-state index is 5.84. The minimum Gasteiger partial charge on any atom is -0.493 e. The Labute approximate surface area is 170 Å². The Balaban J connectivity index is 0.00000261. The number of rotatable bonds is 8. The highest BCUT2D eigenvalue weighted by molar-refractivity contribution is 6.29. The standard InChI is InChI=1S/C20H20ClN3O2.ClH/c1-25-19-10-15(11-22-13-17-4-2-3-9-23-17)5-7-18(19)26-14-16-6-8-20(21)24-12-16;/h2-10,12,22H,11,13-14H2,1H3;1H. The summed E-state index contributed by atoms with van der Waals surface area (Å²) in [6, 6.07) is 15.4. The molecule has 0 bridgehead atoms. The van der Waals surface area contributed by atoms with Crippen LogP contribution in [0.4, 0.5) is 0 Å². The average molecular weight is 406 g/mol. The fourth-order valence-electron chi connectivity index (χ4n) is 2.43. The second kappa shape index (κ2) is 10.7. The SMILES string of the molecule is COc1cc(CNCc2ccccn2)ccc1OCc1ccc(Cl)nc1.Cl. The third-order valence-corrected chi connectivity index (χ3v) is 4.00. The molecule has 0 unspecified atom stereocenters. The molecule has 142 valence electrons. The van der Waals surface area contributed by atoms with E-state index >= 15 is 0 Å². The number of methoxy groups -OCH3 is 1. The van der Waals surface area contributed by atoms with Crippen LogP contribution in [0, 0.1) is 0 Å². The van der Waals surface area contributed by atoms with Gasteiger partial charge < -0.3 is 14.8 Å². The molecule has 3 rings (SSSR count). The molecule has 7 heteroatoms. The fraction of sp³-hybridized carbons (Fsp3) is 0.200. The van der Waals surface area contributed by atoms with Crippen LogP contribution in [0.25, 0.3) is 0 Å². The molecule has 1 N–H and O–H groups in total. The predicted octanol–water partition coefficient (Wildman–Crippen LogP) is 4.43. The van der Waals surface area contributed by atoms with Gasteiger partial charge in [-0.25, -0.2) is 4.98 Å². The van der Waals surface area contributed by atoms with Crippen LogP contribution in [0.15, 0.2) is 60.9 Å². The zero-order chi connectivity index (χ0) is 18.2. The Kier molecular flexibility index (Phi) is 8.33. The van der Waals surface area contributed by atoms with Gasteiger partial charge in [-0.1, -0.05) is 29.8 Å². The zero-order valence-corrected chi connectivity index (χ0v) is 16.5. The first-order valence-corrected chi connectivity index (χ1v) is 8.63. The molecule has 0 fully saturated rings. The van der Waals surface area contributed by atoms with E-state index in [1.807, 2.05) is 42.5 Å². The van der Waals surface area contributed by atoms with E-state index in [4.69, 9.17) is 21.1 Å². The Bertz CT molecular complexity index is 830. The first-order valence-electron chi connectivity index (χ1n) is 8.25. The molecule has 2 heterocycles. The molecular weight excluding hydrogens is 385 g/mol. The molecule has 0 aliphatic carbocycles. The van der Waals surface area contributed by atoms with Gasteiger partial charge in [-0.05, 0) is 35.9 Å². The second-order valence-electron chi connectivity index (χ2n) is 5.69. The van der Waals surface area contributed by atoms with Crippen LogP contribution >= 0.6 is 24.0 Å². The van der Waals surface area contributed by atoms with Gasteiger partial charge in [0.2, 0.25) is 0 Å². The second-order valence-corrected chi connectivity index (χ2v) is 6.07. The number of pyridine rings is 2. The van der Waals surface area contributed by atoms with E-state index < -0.39 is 0 Å². The van der Waals surface area contributed by atoms with Gasteiger partial charge in [-0.3, -0.25) is 4.98 Å². The number of aromatic nitrogens is 2. The summed E-state index contributed by atoms with van der Waals surface area (Å²) in [5, 5.41) is 3.84. The van der Waals surface area contributed by atoms with Gasteiger partial charge in [0.25, 0.3) is 0 Å². The normalized spacial score (nSPS) is 10.1. The van der Waals surface area contributed by atoms with E-state index in [0.717, 1.165) is 16.8 Å². The lowest BCUT2D eigenvalue weighted by Gasteiger charge is -2.13. The molecule has 0 atom stereocenters. The molecule has 0 aliphatic rings. The molecule has 5 nitrogen and oxygen atoms in total. The number of ether oxygens (including phenoxy) is 2.